The average molecular weight is 341 g/mol. The number of aliphatic hydroxyl groups is 2. The van der Waals surface area contributed by atoms with E-state index >= 15 is 0 Å². The zero-order valence-electron chi connectivity index (χ0n) is 11.8. The lowest BCUT2D eigenvalue weighted by Gasteiger charge is -2.26. The van der Waals surface area contributed by atoms with Crippen molar-refractivity contribution in [2.24, 2.45) is 0 Å². The predicted molar refractivity (Wildman–Crippen MR) is 81.7 cm³/mol. The van der Waals surface area contributed by atoms with Gasteiger partial charge in [-0.2, -0.15) is 0 Å². The Kier molecular flexibility index (Phi) is 4.65. The van der Waals surface area contributed by atoms with Crippen molar-refractivity contribution < 1.29 is 34.8 Å². The molecule has 0 heterocycles. The monoisotopic (exact) mass is 341 g/mol. The summed E-state index contributed by atoms with van der Waals surface area (Å²) >= 11 is 0. The lowest BCUT2D eigenvalue weighted by Crippen LogP contribution is -2.29. The first-order valence-corrected chi connectivity index (χ1v) is 8.09. The van der Waals surface area contributed by atoms with Gasteiger partial charge in [0.25, 0.3) is 0 Å². The maximum Gasteiger partial charge on any atom is 0.427 e. The molecule has 9 heteroatoms. The Morgan fingerprint density at radius 3 is 2.17 bits per heavy atom. The van der Waals surface area contributed by atoms with E-state index in [0.29, 0.717) is 5.56 Å². The van der Waals surface area contributed by atoms with E-state index < -0.39 is 24.8 Å². The van der Waals surface area contributed by atoms with Crippen LogP contribution in [0.25, 0.3) is 0 Å². The average Bonchev–Trinajstić information content (AvgIpc) is 2.39. The molecule has 0 atom stereocenters. The first kappa shape index (κ1) is 17.3. The number of phenolic OH excluding ortho intramolecular Hbond substituents is 2. The number of anilines is 1. The van der Waals surface area contributed by atoms with Crippen molar-refractivity contribution in [2.75, 3.05) is 5.09 Å². The van der Waals surface area contributed by atoms with E-state index in [4.69, 9.17) is 9.79 Å². The van der Waals surface area contributed by atoms with Gasteiger partial charge >= 0.3 is 7.75 Å². The van der Waals surface area contributed by atoms with Gasteiger partial charge in [0.1, 0.15) is 11.5 Å². The van der Waals surface area contributed by atoms with Crippen LogP contribution in [-0.2, 0) is 16.8 Å². The zero-order chi connectivity index (χ0) is 17.3. The fourth-order valence-electron chi connectivity index (χ4n) is 2.20. The second-order valence-electron chi connectivity index (χ2n) is 5.02. The quantitative estimate of drug-likeness (QED) is 0.314. The molecule has 0 bridgehead atoms. The van der Waals surface area contributed by atoms with E-state index in [0.717, 1.165) is 6.07 Å². The normalized spacial score (nSPS) is 12.2. The Bertz CT molecular complexity index is 739. The fraction of sp³-hybridized carbons (Fsp3) is 0.143. The molecule has 0 aliphatic rings. The van der Waals surface area contributed by atoms with E-state index in [1.165, 1.54) is 36.4 Å². The van der Waals surface area contributed by atoms with Crippen LogP contribution in [-0.4, -0.2) is 30.2 Å². The van der Waals surface area contributed by atoms with Crippen molar-refractivity contribution in [1.29, 1.82) is 0 Å². The van der Waals surface area contributed by atoms with Gasteiger partial charge in [0.05, 0.1) is 11.3 Å². The first-order chi connectivity index (χ1) is 10.6. The largest absolute Gasteiger partial charge is 0.508 e. The summed E-state index contributed by atoms with van der Waals surface area (Å²) in [5.41, 5.74) is -0.336. The van der Waals surface area contributed by atoms with Crippen LogP contribution in [0.5, 0.6) is 11.5 Å². The van der Waals surface area contributed by atoms with Crippen molar-refractivity contribution in [3.63, 3.8) is 0 Å². The summed E-state index contributed by atoms with van der Waals surface area (Å²) in [4.78, 5) is 18.0. The summed E-state index contributed by atoms with van der Waals surface area (Å²) in [7, 11) is -4.71. The van der Waals surface area contributed by atoms with Crippen LogP contribution in [0.2, 0.25) is 0 Å². The smallest absolute Gasteiger partial charge is 0.427 e. The van der Waals surface area contributed by atoms with Gasteiger partial charge in [0, 0.05) is 6.42 Å². The Morgan fingerprint density at radius 1 is 1.00 bits per heavy atom. The lowest BCUT2D eigenvalue weighted by molar-refractivity contribution is -0.168. The molecule has 0 spiro atoms. The van der Waals surface area contributed by atoms with Gasteiger partial charge in [-0.15, -0.1) is 0 Å². The van der Waals surface area contributed by atoms with E-state index in [-0.39, 0.29) is 17.9 Å². The molecule has 124 valence electrons. The van der Waals surface area contributed by atoms with E-state index in [1.54, 1.807) is 0 Å². The number of hydrogen-bond donors (Lipinski definition) is 7. The third kappa shape index (κ3) is 4.44. The second kappa shape index (κ2) is 6.19. The Hall–Kier alpha value is -2.09. The number of aromatic hydroxyl groups is 2. The molecule has 2 aromatic carbocycles. The summed E-state index contributed by atoms with van der Waals surface area (Å²) in [6.07, 6.45) is -0.374. The fourth-order valence-corrected chi connectivity index (χ4v) is 2.70. The van der Waals surface area contributed by atoms with Crippen molar-refractivity contribution in [1.82, 2.24) is 0 Å². The van der Waals surface area contributed by atoms with Crippen LogP contribution in [0, 0.1) is 0 Å². The third-order valence-corrected chi connectivity index (χ3v) is 3.63. The highest BCUT2D eigenvalue weighted by molar-refractivity contribution is 7.53. The lowest BCUT2D eigenvalue weighted by atomic mass is 9.95. The minimum Gasteiger partial charge on any atom is -0.508 e. The molecule has 0 saturated heterocycles. The minimum absolute atomic E-state index is 0.00152. The van der Waals surface area contributed by atoms with Gasteiger partial charge in [-0.1, -0.05) is 18.2 Å². The number of rotatable bonds is 5. The minimum atomic E-state index is -4.71. The Morgan fingerprint density at radius 2 is 1.61 bits per heavy atom. The first-order valence-electron chi connectivity index (χ1n) is 6.47. The van der Waals surface area contributed by atoms with E-state index in [9.17, 15) is 25.0 Å². The van der Waals surface area contributed by atoms with Crippen LogP contribution in [0.15, 0.2) is 42.5 Å². The maximum absolute atomic E-state index is 11.1. The molecule has 7 N–H and O–H groups in total. The van der Waals surface area contributed by atoms with Crippen molar-refractivity contribution >= 4 is 13.4 Å². The van der Waals surface area contributed by atoms with Gasteiger partial charge in [0.15, 0.2) is 5.79 Å². The molecule has 2 aromatic rings. The van der Waals surface area contributed by atoms with Crippen molar-refractivity contribution in [3.8, 4) is 11.5 Å². The van der Waals surface area contributed by atoms with Crippen molar-refractivity contribution in [2.45, 2.75) is 12.2 Å². The van der Waals surface area contributed by atoms with Gasteiger partial charge in [-0.3, -0.25) is 5.09 Å². The summed E-state index contributed by atoms with van der Waals surface area (Å²) in [6.45, 7) is 0. The van der Waals surface area contributed by atoms with Gasteiger partial charge in [-0.05, 0) is 29.8 Å². The number of phenols is 2. The van der Waals surface area contributed by atoms with Gasteiger partial charge in [-0.25, -0.2) is 4.57 Å². The number of nitrogens with one attached hydrogen (secondary N) is 1. The van der Waals surface area contributed by atoms with Crippen LogP contribution >= 0.6 is 7.75 Å². The molecule has 0 fully saturated rings. The summed E-state index contributed by atoms with van der Waals surface area (Å²) < 4.78 is 11.1. The molecule has 0 amide bonds. The highest BCUT2D eigenvalue weighted by Gasteiger charge is 2.33. The SMILES string of the molecule is O=P(O)(O)Nc1cccc(O)c1C(O)(O)Cc1ccc(O)cc1. The maximum atomic E-state index is 11.1. The number of hydrogen-bond acceptors (Lipinski definition) is 5. The molecular formula is C14H16NO7P. The van der Waals surface area contributed by atoms with E-state index in [2.05, 4.69) is 0 Å². The molecule has 8 nitrogen and oxygen atoms in total. The van der Waals surface area contributed by atoms with Crippen molar-refractivity contribution in [3.05, 3.63) is 53.6 Å². The molecule has 0 unspecified atom stereocenters. The molecule has 0 aliphatic carbocycles. The van der Waals surface area contributed by atoms with Crippen LogP contribution < -0.4 is 5.09 Å². The molecular weight excluding hydrogens is 325 g/mol. The Balaban J connectivity index is 2.42. The number of benzene rings is 2. The Labute approximate surface area is 131 Å². The second-order valence-corrected chi connectivity index (χ2v) is 6.33. The molecule has 0 radical (unpaired) electrons. The zero-order valence-corrected chi connectivity index (χ0v) is 12.7. The molecule has 0 aromatic heterocycles. The molecule has 23 heavy (non-hydrogen) atoms. The highest BCUT2D eigenvalue weighted by Crippen LogP contribution is 2.42. The van der Waals surface area contributed by atoms with E-state index in [1.807, 2.05) is 5.09 Å². The van der Waals surface area contributed by atoms with Gasteiger partial charge in [0.2, 0.25) is 0 Å². The summed E-state index contributed by atoms with van der Waals surface area (Å²) in [6, 6.07) is 9.27. The third-order valence-electron chi connectivity index (χ3n) is 3.10. The standard InChI is InChI=1S/C14H16NO7P/c16-10-6-4-9(5-7-10)8-14(18,19)13-11(15-23(20,21)22)2-1-3-12(13)17/h1-7,16-19H,8H2,(H3,15,20,21,22). The summed E-state index contributed by atoms with van der Waals surface area (Å²) in [5.74, 6) is -3.13. The highest BCUT2D eigenvalue weighted by atomic mass is 31.2. The molecule has 0 aliphatic heterocycles. The topological polar surface area (TPSA) is 150 Å². The summed E-state index contributed by atoms with van der Waals surface area (Å²) in [5, 5.41) is 41.6. The van der Waals surface area contributed by atoms with Crippen LogP contribution in [0.1, 0.15) is 11.1 Å². The van der Waals surface area contributed by atoms with Crippen LogP contribution in [0.4, 0.5) is 5.69 Å². The predicted octanol–water partition coefficient (Wildman–Crippen LogP) is 0.982. The van der Waals surface area contributed by atoms with Crippen LogP contribution in [0.3, 0.4) is 0 Å². The molecule has 2 rings (SSSR count). The van der Waals surface area contributed by atoms with Gasteiger partial charge < -0.3 is 30.2 Å². The molecule has 0 saturated carbocycles.